The van der Waals surface area contributed by atoms with Crippen molar-refractivity contribution >= 4 is 6.03 Å². The Hall–Kier alpha value is -2.55. The maximum absolute atomic E-state index is 13.3. The monoisotopic (exact) mass is 370 g/mol. The molecule has 0 saturated carbocycles. The summed E-state index contributed by atoms with van der Waals surface area (Å²) >= 11 is 0. The molecule has 0 spiro atoms. The van der Waals surface area contributed by atoms with Crippen molar-refractivity contribution < 1.29 is 23.1 Å². The van der Waals surface area contributed by atoms with Gasteiger partial charge in [-0.15, -0.1) is 0 Å². The van der Waals surface area contributed by atoms with E-state index in [0.717, 1.165) is 10.1 Å². The van der Waals surface area contributed by atoms with Crippen LogP contribution in [-0.2, 0) is 19.1 Å². The van der Waals surface area contributed by atoms with Crippen molar-refractivity contribution in [3.8, 4) is 0 Å². The van der Waals surface area contributed by atoms with Crippen LogP contribution in [0.5, 0.6) is 0 Å². The molecule has 2 aromatic rings. The Bertz CT molecular complexity index is 718. The molecule has 0 aliphatic rings. The number of carbonyl (C=O) groups excluding carboxylic acids is 1. The third-order valence-electron chi connectivity index (χ3n) is 3.97. The third kappa shape index (κ3) is 4.75. The lowest BCUT2D eigenvalue weighted by molar-refractivity contribution is -0.272. The quantitative estimate of drug-likeness (QED) is 0.698. The first-order valence-corrected chi connectivity index (χ1v) is 8.06. The lowest BCUT2D eigenvalue weighted by Crippen LogP contribution is -2.47. The second kappa shape index (κ2) is 8.22. The van der Waals surface area contributed by atoms with Crippen molar-refractivity contribution in [1.29, 1.82) is 0 Å². The fraction of sp³-hybridized carbons (Fsp3) is 0.412. The molecule has 1 heterocycles. The van der Waals surface area contributed by atoms with Crippen LogP contribution in [0.1, 0.15) is 17.8 Å². The lowest BCUT2D eigenvalue weighted by Gasteiger charge is -2.29. The van der Waals surface area contributed by atoms with Gasteiger partial charge in [-0.25, -0.2) is 9.78 Å². The van der Waals surface area contributed by atoms with E-state index in [2.05, 4.69) is 15.6 Å². The normalized spacial score (nSPS) is 13.9. The van der Waals surface area contributed by atoms with E-state index in [4.69, 9.17) is 0 Å². The summed E-state index contributed by atoms with van der Waals surface area (Å²) in [6, 6.07) is 8.87. The third-order valence-corrected chi connectivity index (χ3v) is 3.97. The number of nitrogens with one attached hydrogen (secondary N) is 2. The molecule has 2 rings (SSSR count). The Morgan fingerprint density at radius 2 is 1.85 bits per heavy atom. The summed E-state index contributed by atoms with van der Waals surface area (Å²) in [5.74, 6) is -0.517. The van der Waals surface area contributed by atoms with Crippen molar-refractivity contribution in [3.05, 3.63) is 54.1 Å². The van der Waals surface area contributed by atoms with Gasteiger partial charge in [0.2, 0.25) is 5.60 Å². The lowest BCUT2D eigenvalue weighted by atomic mass is 9.97. The summed E-state index contributed by atoms with van der Waals surface area (Å²) in [7, 11) is 1.36. The predicted octanol–water partition coefficient (Wildman–Crippen LogP) is 2.10. The number of benzene rings is 1. The molecule has 0 aliphatic heterocycles. The van der Waals surface area contributed by atoms with E-state index in [1.165, 1.54) is 19.4 Å². The molecule has 3 N–H and O–H groups in total. The van der Waals surface area contributed by atoms with Crippen molar-refractivity contribution in [2.24, 2.45) is 7.05 Å². The summed E-state index contributed by atoms with van der Waals surface area (Å²) in [6.07, 6.45) is -2.56. The molecular formula is C17H21F3N4O2. The summed E-state index contributed by atoms with van der Waals surface area (Å²) in [4.78, 5) is 15.3. The zero-order valence-corrected chi connectivity index (χ0v) is 14.3. The number of imidazole rings is 1. The maximum Gasteiger partial charge on any atom is 0.424 e. The average Bonchev–Trinajstić information content (AvgIpc) is 3.01. The van der Waals surface area contributed by atoms with Crippen LogP contribution in [0, 0.1) is 0 Å². The Labute approximate surface area is 149 Å². The number of aromatic nitrogens is 2. The molecule has 0 saturated heterocycles. The Balaban J connectivity index is 1.84. The van der Waals surface area contributed by atoms with Crippen LogP contribution < -0.4 is 10.6 Å². The predicted molar refractivity (Wildman–Crippen MR) is 89.3 cm³/mol. The molecule has 1 aromatic carbocycles. The number of amides is 2. The number of rotatable bonds is 7. The number of hydrogen-bond donors (Lipinski definition) is 3. The van der Waals surface area contributed by atoms with Gasteiger partial charge in [-0.2, -0.15) is 13.2 Å². The van der Waals surface area contributed by atoms with Crippen LogP contribution in [-0.4, -0.2) is 40.0 Å². The van der Waals surface area contributed by atoms with Gasteiger partial charge < -0.3 is 20.3 Å². The molecule has 0 aliphatic carbocycles. The molecule has 0 fully saturated rings. The molecule has 0 bridgehead atoms. The molecular weight excluding hydrogens is 349 g/mol. The first kappa shape index (κ1) is 19.8. The van der Waals surface area contributed by atoms with E-state index in [0.29, 0.717) is 13.0 Å². The molecule has 142 valence electrons. The zero-order chi connectivity index (χ0) is 19.2. The van der Waals surface area contributed by atoms with Crippen LogP contribution >= 0.6 is 0 Å². The molecule has 6 nitrogen and oxygen atoms in total. The van der Waals surface area contributed by atoms with Gasteiger partial charge in [0.05, 0.1) is 0 Å². The van der Waals surface area contributed by atoms with Gasteiger partial charge in [0.1, 0.15) is 5.82 Å². The smallest absolute Gasteiger partial charge is 0.374 e. The molecule has 2 amide bonds. The van der Waals surface area contributed by atoms with Gasteiger partial charge in [-0.1, -0.05) is 30.3 Å². The van der Waals surface area contributed by atoms with Crippen LogP contribution in [0.15, 0.2) is 42.7 Å². The first-order valence-electron chi connectivity index (χ1n) is 8.06. The summed E-state index contributed by atoms with van der Waals surface area (Å²) in [5, 5.41) is 15.0. The van der Waals surface area contributed by atoms with E-state index in [1.807, 2.05) is 30.3 Å². The highest BCUT2D eigenvalue weighted by atomic mass is 19.4. The molecule has 1 atom stereocenters. The number of aryl methyl sites for hydroxylation is 1. The molecule has 0 unspecified atom stereocenters. The van der Waals surface area contributed by atoms with E-state index >= 15 is 0 Å². The van der Waals surface area contributed by atoms with Gasteiger partial charge >= 0.3 is 12.2 Å². The van der Waals surface area contributed by atoms with Crippen LogP contribution in [0.25, 0.3) is 0 Å². The SMILES string of the molecule is Cn1ccnc1[C@@](O)(CCNC(=O)NCCc1ccccc1)C(F)(F)F. The van der Waals surface area contributed by atoms with E-state index in [1.54, 1.807) is 0 Å². The summed E-state index contributed by atoms with van der Waals surface area (Å²) < 4.78 is 41.1. The van der Waals surface area contributed by atoms with Crippen LogP contribution in [0.4, 0.5) is 18.0 Å². The zero-order valence-electron chi connectivity index (χ0n) is 14.3. The van der Waals surface area contributed by atoms with Gasteiger partial charge in [-0.05, 0) is 12.0 Å². The maximum atomic E-state index is 13.3. The highest BCUT2D eigenvalue weighted by molar-refractivity contribution is 5.73. The van der Waals surface area contributed by atoms with Crippen molar-refractivity contribution in [3.63, 3.8) is 0 Å². The van der Waals surface area contributed by atoms with E-state index < -0.39 is 30.1 Å². The Kier molecular flexibility index (Phi) is 6.25. The van der Waals surface area contributed by atoms with Crippen molar-refractivity contribution in [2.75, 3.05) is 13.1 Å². The van der Waals surface area contributed by atoms with Gasteiger partial charge in [0.15, 0.2) is 0 Å². The molecule has 9 heteroatoms. The standard InChI is InChI=1S/C17H21F3N4O2/c1-24-12-11-21-14(24)16(26,17(18,19)20)8-10-23-15(25)22-9-7-13-5-3-2-4-6-13/h2-6,11-12,26H,7-10H2,1H3,(H2,22,23,25)/t16-/m0/s1. The number of halogens is 3. The number of carbonyl (C=O) groups is 1. The van der Waals surface area contributed by atoms with Crippen molar-refractivity contribution in [2.45, 2.75) is 24.6 Å². The van der Waals surface area contributed by atoms with Crippen LogP contribution in [0.3, 0.4) is 0 Å². The van der Waals surface area contributed by atoms with E-state index in [-0.39, 0.29) is 6.54 Å². The number of hydrogen-bond acceptors (Lipinski definition) is 3. The number of alkyl halides is 3. The van der Waals surface area contributed by atoms with Gasteiger partial charge in [0.25, 0.3) is 0 Å². The number of aliphatic hydroxyl groups is 1. The molecule has 26 heavy (non-hydrogen) atoms. The molecule has 1 aromatic heterocycles. The fourth-order valence-corrected chi connectivity index (χ4v) is 2.53. The largest absolute Gasteiger partial charge is 0.424 e. The number of nitrogens with zero attached hydrogens (tertiary/aromatic N) is 2. The first-order chi connectivity index (χ1) is 12.2. The second-order valence-corrected chi connectivity index (χ2v) is 5.89. The highest BCUT2D eigenvalue weighted by Crippen LogP contribution is 2.40. The van der Waals surface area contributed by atoms with E-state index in [9.17, 15) is 23.1 Å². The van der Waals surface area contributed by atoms with Crippen LogP contribution in [0.2, 0.25) is 0 Å². The highest BCUT2D eigenvalue weighted by Gasteiger charge is 2.57. The van der Waals surface area contributed by atoms with Gasteiger partial charge in [0, 0.05) is 39.0 Å². The summed E-state index contributed by atoms with van der Waals surface area (Å²) in [5.41, 5.74) is -2.10. The molecule has 0 radical (unpaired) electrons. The minimum Gasteiger partial charge on any atom is -0.374 e. The Morgan fingerprint density at radius 1 is 1.19 bits per heavy atom. The number of urea groups is 1. The Morgan fingerprint density at radius 3 is 2.42 bits per heavy atom. The average molecular weight is 370 g/mol. The summed E-state index contributed by atoms with van der Waals surface area (Å²) in [6.45, 7) is -0.0151. The topological polar surface area (TPSA) is 79.2 Å². The fourth-order valence-electron chi connectivity index (χ4n) is 2.53. The minimum absolute atomic E-state index is 0.346. The second-order valence-electron chi connectivity index (χ2n) is 5.89. The van der Waals surface area contributed by atoms with Crippen molar-refractivity contribution in [1.82, 2.24) is 20.2 Å². The minimum atomic E-state index is -4.92. The van der Waals surface area contributed by atoms with Gasteiger partial charge in [-0.3, -0.25) is 0 Å².